The molecule has 1 aliphatic heterocycles. The number of amides is 1. The highest BCUT2D eigenvalue weighted by Gasteiger charge is 2.28. The van der Waals surface area contributed by atoms with Crippen molar-refractivity contribution in [2.45, 2.75) is 19.2 Å². The normalized spacial score (nSPS) is 13.1. The van der Waals surface area contributed by atoms with Gasteiger partial charge in [-0.2, -0.15) is 0 Å². The number of carbonyl (C=O) groups is 1. The third-order valence-corrected chi connectivity index (χ3v) is 6.45. The van der Waals surface area contributed by atoms with Crippen molar-refractivity contribution in [1.82, 2.24) is 14.4 Å². The molecule has 4 aromatic rings. The maximum atomic E-state index is 13.5. The average Bonchev–Trinajstić information content (AvgIpc) is 3.04. The smallest absolute Gasteiger partial charge is 0.272 e. The molecule has 4 heterocycles. The van der Waals surface area contributed by atoms with Crippen LogP contribution in [0.5, 0.6) is 0 Å². The SMILES string of the molecule is Cc1cc2n3c(c[nH]c(=O)c13)CN(C(=O)c1cccnc1)c1ccc(CS(C)(=O)=O)cc1-2. The lowest BCUT2D eigenvalue weighted by Gasteiger charge is -2.23. The summed E-state index contributed by atoms with van der Waals surface area (Å²) in [6.45, 7) is 2.08. The third-order valence-electron chi connectivity index (χ3n) is 5.59. The van der Waals surface area contributed by atoms with Crippen LogP contribution in [-0.4, -0.2) is 34.9 Å². The third kappa shape index (κ3) is 3.31. The number of sulfone groups is 1. The molecule has 0 aliphatic carbocycles. The number of pyridine rings is 1. The summed E-state index contributed by atoms with van der Waals surface area (Å²) in [5, 5.41) is 0. The highest BCUT2D eigenvalue weighted by molar-refractivity contribution is 7.89. The number of aromatic nitrogens is 3. The van der Waals surface area contributed by atoms with Crippen LogP contribution in [0.2, 0.25) is 0 Å². The lowest BCUT2D eigenvalue weighted by Crippen LogP contribution is -2.31. The maximum Gasteiger partial charge on any atom is 0.272 e. The Balaban J connectivity index is 1.79. The molecular weight excluding hydrogens is 428 g/mol. The number of nitrogens with one attached hydrogen (secondary N) is 1. The lowest BCUT2D eigenvalue weighted by atomic mass is 10.0. The molecule has 0 spiro atoms. The molecule has 0 atom stereocenters. The Morgan fingerprint density at radius 3 is 2.75 bits per heavy atom. The van der Waals surface area contributed by atoms with E-state index in [0.717, 1.165) is 17.0 Å². The van der Waals surface area contributed by atoms with Crippen LogP contribution < -0.4 is 10.5 Å². The Hall–Kier alpha value is -3.72. The molecular formula is C23H20N4O4S. The fourth-order valence-corrected chi connectivity index (χ4v) is 5.08. The van der Waals surface area contributed by atoms with Gasteiger partial charge in [0, 0.05) is 30.4 Å². The van der Waals surface area contributed by atoms with E-state index < -0.39 is 9.84 Å². The largest absolute Gasteiger partial charge is 0.325 e. The van der Waals surface area contributed by atoms with Gasteiger partial charge in [-0.25, -0.2) is 8.42 Å². The summed E-state index contributed by atoms with van der Waals surface area (Å²) in [7, 11) is -3.25. The first-order chi connectivity index (χ1) is 15.2. The quantitative estimate of drug-likeness (QED) is 0.519. The second-order valence-electron chi connectivity index (χ2n) is 8.06. The summed E-state index contributed by atoms with van der Waals surface area (Å²) < 4.78 is 25.7. The summed E-state index contributed by atoms with van der Waals surface area (Å²) >= 11 is 0. The van der Waals surface area contributed by atoms with Crippen LogP contribution in [0.4, 0.5) is 5.69 Å². The fourth-order valence-electron chi connectivity index (χ4n) is 4.30. The number of nitrogens with zero attached hydrogens (tertiary/aromatic N) is 3. The number of rotatable bonds is 3. The highest BCUT2D eigenvalue weighted by Crippen LogP contribution is 2.38. The Bertz CT molecular complexity index is 1550. The van der Waals surface area contributed by atoms with Gasteiger partial charge in [0.1, 0.15) is 5.52 Å². The van der Waals surface area contributed by atoms with Crippen LogP contribution in [0.3, 0.4) is 0 Å². The van der Waals surface area contributed by atoms with Gasteiger partial charge in [0.25, 0.3) is 11.5 Å². The predicted octanol–water partition coefficient (Wildman–Crippen LogP) is 2.70. The topological polar surface area (TPSA) is 105 Å². The molecule has 5 rings (SSSR count). The van der Waals surface area contributed by atoms with Crippen molar-refractivity contribution in [3.05, 3.63) is 87.7 Å². The second kappa shape index (κ2) is 7.16. The first-order valence-corrected chi connectivity index (χ1v) is 12.0. The van der Waals surface area contributed by atoms with E-state index in [-0.39, 0.29) is 23.8 Å². The van der Waals surface area contributed by atoms with E-state index in [1.807, 2.05) is 17.4 Å². The van der Waals surface area contributed by atoms with E-state index in [1.165, 1.54) is 12.5 Å². The van der Waals surface area contributed by atoms with Crippen LogP contribution in [-0.2, 0) is 22.1 Å². The molecule has 0 fully saturated rings. The number of H-pyrrole nitrogens is 1. The first-order valence-electron chi connectivity index (χ1n) is 9.98. The van der Waals surface area contributed by atoms with Crippen molar-refractivity contribution in [1.29, 1.82) is 0 Å². The molecule has 1 aromatic carbocycles. The van der Waals surface area contributed by atoms with E-state index in [9.17, 15) is 18.0 Å². The van der Waals surface area contributed by atoms with Crippen LogP contribution in [0.25, 0.3) is 16.8 Å². The molecule has 9 heteroatoms. The number of anilines is 1. The number of fused-ring (bicyclic) bond motifs is 2. The zero-order valence-electron chi connectivity index (χ0n) is 17.5. The van der Waals surface area contributed by atoms with Crippen molar-refractivity contribution in [2.24, 2.45) is 0 Å². The van der Waals surface area contributed by atoms with Crippen molar-refractivity contribution in [3.8, 4) is 11.3 Å². The minimum absolute atomic E-state index is 0.118. The first kappa shape index (κ1) is 20.2. The van der Waals surface area contributed by atoms with Crippen LogP contribution >= 0.6 is 0 Å². The number of aromatic amines is 1. The highest BCUT2D eigenvalue weighted by atomic mass is 32.2. The number of aryl methyl sites for hydroxylation is 1. The van der Waals surface area contributed by atoms with Gasteiger partial charge in [0.2, 0.25) is 0 Å². The summed E-state index contributed by atoms with van der Waals surface area (Å²) in [6, 6.07) is 10.6. The van der Waals surface area contributed by atoms with E-state index in [2.05, 4.69) is 9.97 Å². The minimum atomic E-state index is -3.25. The fraction of sp³-hybridized carbons (Fsp3) is 0.174. The van der Waals surface area contributed by atoms with E-state index >= 15 is 0 Å². The number of carbonyl (C=O) groups excluding carboxylic acids is 1. The van der Waals surface area contributed by atoms with Crippen LogP contribution in [0.1, 0.15) is 27.2 Å². The summed E-state index contributed by atoms with van der Waals surface area (Å²) in [5.41, 5.74) is 4.94. The number of hydrogen-bond donors (Lipinski definition) is 1. The predicted molar refractivity (Wildman–Crippen MR) is 121 cm³/mol. The summed E-state index contributed by atoms with van der Waals surface area (Å²) in [5.74, 6) is -0.357. The zero-order valence-corrected chi connectivity index (χ0v) is 18.3. The van der Waals surface area contributed by atoms with Gasteiger partial charge < -0.3 is 14.3 Å². The average molecular weight is 449 g/mol. The molecule has 0 saturated carbocycles. The monoisotopic (exact) mass is 448 g/mol. The van der Waals surface area contributed by atoms with Crippen molar-refractivity contribution >= 4 is 26.9 Å². The molecule has 1 amide bonds. The van der Waals surface area contributed by atoms with Gasteiger partial charge in [-0.15, -0.1) is 0 Å². The van der Waals surface area contributed by atoms with Gasteiger partial charge in [-0.1, -0.05) is 6.07 Å². The number of benzene rings is 1. The second-order valence-corrected chi connectivity index (χ2v) is 10.2. The van der Waals surface area contributed by atoms with Crippen molar-refractivity contribution < 1.29 is 13.2 Å². The molecule has 1 N–H and O–H groups in total. The Morgan fingerprint density at radius 1 is 1.22 bits per heavy atom. The molecule has 0 radical (unpaired) electrons. The molecule has 162 valence electrons. The molecule has 0 saturated heterocycles. The summed E-state index contributed by atoms with van der Waals surface area (Å²) in [6.07, 6.45) is 5.92. The standard InChI is InChI=1S/C23H20N4O4S/c1-14-8-20-18-9-15(13-32(2,30)31)5-6-19(18)26(23(29)16-4-3-7-24-10-16)12-17-11-25-22(28)21(14)27(17)20/h3-11H,12-13H2,1-2H3,(H,25,28). The molecule has 0 unspecified atom stereocenters. The van der Waals surface area contributed by atoms with Gasteiger partial charge >= 0.3 is 0 Å². The Morgan fingerprint density at radius 2 is 2.03 bits per heavy atom. The molecule has 1 aliphatic rings. The molecule has 32 heavy (non-hydrogen) atoms. The van der Waals surface area contributed by atoms with Crippen LogP contribution in [0.15, 0.2) is 59.8 Å². The maximum absolute atomic E-state index is 13.5. The number of hydrogen-bond acceptors (Lipinski definition) is 5. The lowest BCUT2D eigenvalue weighted by molar-refractivity contribution is 0.0984. The van der Waals surface area contributed by atoms with Gasteiger partial charge in [0.15, 0.2) is 9.84 Å². The van der Waals surface area contributed by atoms with Gasteiger partial charge in [0.05, 0.1) is 34.9 Å². The summed E-state index contributed by atoms with van der Waals surface area (Å²) in [4.78, 5) is 34.5. The van der Waals surface area contributed by atoms with E-state index in [0.29, 0.717) is 27.9 Å². The van der Waals surface area contributed by atoms with Gasteiger partial charge in [-0.3, -0.25) is 14.6 Å². The molecule has 3 aromatic heterocycles. The Labute approximate surface area is 184 Å². The van der Waals surface area contributed by atoms with E-state index in [1.54, 1.807) is 47.6 Å². The van der Waals surface area contributed by atoms with Crippen molar-refractivity contribution in [3.63, 3.8) is 0 Å². The molecule has 8 nitrogen and oxygen atoms in total. The van der Waals surface area contributed by atoms with E-state index in [4.69, 9.17) is 0 Å². The van der Waals surface area contributed by atoms with Crippen molar-refractivity contribution in [2.75, 3.05) is 11.2 Å². The molecule has 0 bridgehead atoms. The minimum Gasteiger partial charge on any atom is -0.325 e. The van der Waals surface area contributed by atoms with Gasteiger partial charge in [-0.05, 0) is 48.4 Å². The van der Waals surface area contributed by atoms with Crippen LogP contribution in [0, 0.1) is 6.92 Å². The Kier molecular flexibility index (Phi) is 4.52. The zero-order chi connectivity index (χ0) is 22.6.